The molecule has 0 aliphatic carbocycles. The predicted octanol–water partition coefficient (Wildman–Crippen LogP) is 1.87. The zero-order chi connectivity index (χ0) is 15.5. The van der Waals surface area contributed by atoms with Crippen molar-refractivity contribution in [1.29, 1.82) is 0 Å². The van der Waals surface area contributed by atoms with E-state index in [2.05, 4.69) is 35.8 Å². The zero-order valence-electron chi connectivity index (χ0n) is 11.6. The molecule has 1 aliphatic heterocycles. The summed E-state index contributed by atoms with van der Waals surface area (Å²) in [6, 6.07) is 3.25. The van der Waals surface area contributed by atoms with Crippen LogP contribution >= 0.6 is 15.9 Å². The maximum Gasteiger partial charge on any atom is 0.312 e. The fraction of sp³-hybridized carbons (Fsp3) is 0.308. The molecule has 3 rings (SSSR count). The van der Waals surface area contributed by atoms with Gasteiger partial charge in [0.25, 0.3) is 0 Å². The van der Waals surface area contributed by atoms with Crippen LogP contribution in [-0.4, -0.2) is 46.1 Å². The maximum absolute atomic E-state index is 11.2. The van der Waals surface area contributed by atoms with Gasteiger partial charge < -0.3 is 9.80 Å². The monoisotopic (exact) mass is 364 g/mol. The molecule has 2 aromatic heterocycles. The highest BCUT2D eigenvalue weighted by Crippen LogP contribution is 2.29. The minimum atomic E-state index is -0.403. The number of nitrogens with zero attached hydrogens (tertiary/aromatic N) is 6. The lowest BCUT2D eigenvalue weighted by atomic mass is 10.3. The molecule has 0 spiro atoms. The lowest BCUT2D eigenvalue weighted by molar-refractivity contribution is -0.384. The number of pyridine rings is 1. The first kappa shape index (κ1) is 14.6. The zero-order valence-corrected chi connectivity index (χ0v) is 13.2. The predicted molar refractivity (Wildman–Crippen MR) is 85.0 cm³/mol. The van der Waals surface area contributed by atoms with E-state index in [1.165, 1.54) is 6.07 Å². The Morgan fingerprint density at radius 1 is 1.09 bits per heavy atom. The largest absolute Gasteiger partial charge is 0.347 e. The van der Waals surface area contributed by atoms with E-state index in [-0.39, 0.29) is 5.69 Å². The molecule has 0 unspecified atom stereocenters. The molecule has 8 nitrogen and oxygen atoms in total. The fourth-order valence-corrected chi connectivity index (χ4v) is 2.69. The second kappa shape index (κ2) is 6.22. The summed E-state index contributed by atoms with van der Waals surface area (Å²) in [6.45, 7) is 2.65. The first-order chi connectivity index (χ1) is 10.6. The van der Waals surface area contributed by atoms with Crippen molar-refractivity contribution in [2.24, 2.45) is 0 Å². The quantitative estimate of drug-likeness (QED) is 0.606. The van der Waals surface area contributed by atoms with Crippen molar-refractivity contribution in [3.05, 3.63) is 45.3 Å². The Balaban J connectivity index is 1.76. The van der Waals surface area contributed by atoms with E-state index in [4.69, 9.17) is 0 Å². The molecule has 0 atom stereocenters. The van der Waals surface area contributed by atoms with Crippen LogP contribution in [0.3, 0.4) is 0 Å². The maximum atomic E-state index is 11.2. The van der Waals surface area contributed by atoms with Crippen LogP contribution in [0.4, 0.5) is 17.5 Å². The molecule has 1 saturated heterocycles. The summed E-state index contributed by atoms with van der Waals surface area (Å²) >= 11 is 3.22. The van der Waals surface area contributed by atoms with Crippen LogP contribution in [0, 0.1) is 10.1 Å². The molecule has 0 aromatic carbocycles. The van der Waals surface area contributed by atoms with Gasteiger partial charge in [0, 0.05) is 55.3 Å². The first-order valence-electron chi connectivity index (χ1n) is 6.72. The highest BCUT2D eigenvalue weighted by molar-refractivity contribution is 9.10. The molecule has 22 heavy (non-hydrogen) atoms. The normalized spacial score (nSPS) is 15.0. The molecular weight excluding hydrogens is 352 g/mol. The molecule has 0 N–H and O–H groups in total. The van der Waals surface area contributed by atoms with E-state index in [1.54, 1.807) is 24.7 Å². The van der Waals surface area contributed by atoms with E-state index in [0.717, 1.165) is 0 Å². The summed E-state index contributed by atoms with van der Waals surface area (Å²) in [6.07, 6.45) is 4.99. The van der Waals surface area contributed by atoms with Crippen LogP contribution in [0.25, 0.3) is 0 Å². The lowest BCUT2D eigenvalue weighted by Gasteiger charge is -2.34. The van der Waals surface area contributed by atoms with Gasteiger partial charge in [0.15, 0.2) is 0 Å². The number of rotatable bonds is 3. The van der Waals surface area contributed by atoms with Gasteiger partial charge >= 0.3 is 5.69 Å². The van der Waals surface area contributed by atoms with Gasteiger partial charge in [-0.15, -0.1) is 0 Å². The summed E-state index contributed by atoms with van der Waals surface area (Å²) in [4.78, 5) is 27.4. The molecule has 114 valence electrons. The van der Waals surface area contributed by atoms with Crippen molar-refractivity contribution in [3.63, 3.8) is 0 Å². The molecule has 9 heteroatoms. The second-order valence-electron chi connectivity index (χ2n) is 4.78. The van der Waals surface area contributed by atoms with Crippen LogP contribution in [0.5, 0.6) is 0 Å². The number of anilines is 2. The van der Waals surface area contributed by atoms with Crippen LogP contribution < -0.4 is 9.80 Å². The van der Waals surface area contributed by atoms with Gasteiger partial charge in [0.2, 0.25) is 11.8 Å². The van der Waals surface area contributed by atoms with Crippen molar-refractivity contribution < 1.29 is 4.92 Å². The Hall–Kier alpha value is -2.29. The number of piperazine rings is 1. The minimum absolute atomic E-state index is 0.0128. The molecule has 1 fully saturated rings. The average molecular weight is 365 g/mol. The minimum Gasteiger partial charge on any atom is -0.347 e. The van der Waals surface area contributed by atoms with Crippen molar-refractivity contribution in [1.82, 2.24) is 15.0 Å². The molecule has 3 heterocycles. The van der Waals surface area contributed by atoms with E-state index < -0.39 is 4.92 Å². The molecule has 2 aromatic rings. The van der Waals surface area contributed by atoms with Crippen molar-refractivity contribution in [3.8, 4) is 0 Å². The molecule has 0 amide bonds. The number of nitro groups is 1. The van der Waals surface area contributed by atoms with E-state index in [0.29, 0.717) is 42.4 Å². The van der Waals surface area contributed by atoms with Crippen LogP contribution in [0.2, 0.25) is 0 Å². The third-order valence-electron chi connectivity index (χ3n) is 3.42. The Kier molecular flexibility index (Phi) is 4.14. The highest BCUT2D eigenvalue weighted by Gasteiger charge is 2.26. The van der Waals surface area contributed by atoms with Gasteiger partial charge in [-0.05, 0) is 22.0 Å². The Morgan fingerprint density at radius 2 is 1.73 bits per heavy atom. The summed E-state index contributed by atoms with van der Waals surface area (Å²) in [5.74, 6) is 1.09. The fourth-order valence-electron chi connectivity index (χ4n) is 2.37. The third-order valence-corrected chi connectivity index (χ3v) is 3.86. The number of halogens is 1. The SMILES string of the molecule is O=[N+]([O-])c1cc(Br)cnc1N1CCN(c2ncccn2)CC1. The van der Waals surface area contributed by atoms with Crippen molar-refractivity contribution in [2.45, 2.75) is 0 Å². The van der Waals surface area contributed by atoms with Crippen LogP contribution in [0.1, 0.15) is 0 Å². The molecule has 0 radical (unpaired) electrons. The molecule has 0 saturated carbocycles. The Bertz CT molecular complexity index is 675. The van der Waals surface area contributed by atoms with Crippen molar-refractivity contribution in [2.75, 3.05) is 36.0 Å². The van der Waals surface area contributed by atoms with Crippen molar-refractivity contribution >= 4 is 33.4 Å². The molecular formula is C13H13BrN6O2. The third kappa shape index (κ3) is 2.98. The summed E-state index contributed by atoms with van der Waals surface area (Å²) in [7, 11) is 0. The smallest absolute Gasteiger partial charge is 0.312 e. The average Bonchev–Trinajstić information content (AvgIpc) is 2.56. The van der Waals surface area contributed by atoms with Crippen LogP contribution in [0.15, 0.2) is 35.2 Å². The standard InChI is InChI=1S/C13H13BrN6O2/c14-10-8-11(20(21)22)12(17-9-10)18-4-6-19(7-5-18)13-15-2-1-3-16-13/h1-3,8-9H,4-7H2. The Labute approximate surface area is 135 Å². The van der Waals surface area contributed by atoms with Gasteiger partial charge in [-0.3, -0.25) is 10.1 Å². The number of hydrogen-bond donors (Lipinski definition) is 0. The van der Waals surface area contributed by atoms with Gasteiger partial charge in [-0.25, -0.2) is 15.0 Å². The summed E-state index contributed by atoms with van der Waals surface area (Å²) in [5, 5.41) is 11.2. The van der Waals surface area contributed by atoms with E-state index >= 15 is 0 Å². The first-order valence-corrected chi connectivity index (χ1v) is 7.51. The van der Waals surface area contributed by atoms with Gasteiger partial charge in [-0.2, -0.15) is 0 Å². The summed E-state index contributed by atoms with van der Waals surface area (Å²) in [5.41, 5.74) is 0.0128. The van der Waals surface area contributed by atoms with E-state index in [9.17, 15) is 10.1 Å². The number of aromatic nitrogens is 3. The number of hydrogen-bond acceptors (Lipinski definition) is 7. The highest BCUT2D eigenvalue weighted by atomic mass is 79.9. The Morgan fingerprint density at radius 3 is 2.36 bits per heavy atom. The van der Waals surface area contributed by atoms with E-state index in [1.807, 2.05) is 4.90 Å². The molecule has 0 bridgehead atoms. The lowest BCUT2D eigenvalue weighted by Crippen LogP contribution is -2.47. The summed E-state index contributed by atoms with van der Waals surface area (Å²) < 4.78 is 0.597. The van der Waals surface area contributed by atoms with Gasteiger partial charge in [0.1, 0.15) is 0 Å². The van der Waals surface area contributed by atoms with Gasteiger partial charge in [-0.1, -0.05) is 0 Å². The molecule has 1 aliphatic rings. The topological polar surface area (TPSA) is 88.3 Å². The van der Waals surface area contributed by atoms with Gasteiger partial charge in [0.05, 0.1) is 4.92 Å². The van der Waals surface area contributed by atoms with Crippen LogP contribution in [-0.2, 0) is 0 Å². The second-order valence-corrected chi connectivity index (χ2v) is 5.69.